The zero-order valence-electron chi connectivity index (χ0n) is 14.4. The van der Waals surface area contributed by atoms with Crippen LogP contribution in [0.5, 0.6) is 0 Å². The first-order valence-corrected chi connectivity index (χ1v) is 8.23. The minimum atomic E-state index is 0.684. The molecule has 2 heterocycles. The summed E-state index contributed by atoms with van der Waals surface area (Å²) in [4.78, 5) is 10.9. The molecule has 0 saturated heterocycles. The van der Waals surface area contributed by atoms with Gasteiger partial charge in [0.25, 0.3) is 0 Å². The second-order valence-electron chi connectivity index (χ2n) is 6.01. The van der Waals surface area contributed by atoms with Gasteiger partial charge >= 0.3 is 0 Å². The first-order valence-electron chi connectivity index (χ1n) is 8.23. The van der Waals surface area contributed by atoms with Crippen molar-refractivity contribution >= 4 is 28.0 Å². The van der Waals surface area contributed by atoms with Crippen molar-refractivity contribution in [3.63, 3.8) is 0 Å². The first-order chi connectivity index (χ1) is 11.6. The largest absolute Gasteiger partial charge is 0.344 e. The molecule has 0 aliphatic heterocycles. The molecule has 3 rings (SSSR count). The van der Waals surface area contributed by atoms with Crippen LogP contribution in [0.3, 0.4) is 0 Å². The summed E-state index contributed by atoms with van der Waals surface area (Å²) in [6.07, 6.45) is 5.35. The number of pyridine rings is 2. The van der Waals surface area contributed by atoms with E-state index in [1.807, 2.05) is 32.2 Å². The van der Waals surface area contributed by atoms with Gasteiger partial charge in [0, 0.05) is 53.2 Å². The highest BCUT2D eigenvalue weighted by Gasteiger charge is 2.11. The minimum absolute atomic E-state index is 0.684. The number of nitrogens with one attached hydrogen (secondary N) is 1. The Hall–Kier alpha value is -2.75. The third-order valence-corrected chi connectivity index (χ3v) is 4.18. The lowest BCUT2D eigenvalue weighted by atomic mass is 10.00. The Labute approximate surface area is 142 Å². The molecule has 24 heavy (non-hydrogen) atoms. The van der Waals surface area contributed by atoms with Gasteiger partial charge < -0.3 is 10.3 Å². The van der Waals surface area contributed by atoms with Gasteiger partial charge in [-0.3, -0.25) is 9.97 Å². The molecule has 0 amide bonds. The molecule has 0 saturated carbocycles. The lowest BCUT2D eigenvalue weighted by Crippen LogP contribution is -2.09. The van der Waals surface area contributed by atoms with E-state index < -0.39 is 0 Å². The number of aromatic nitrogens is 2. The van der Waals surface area contributed by atoms with E-state index in [2.05, 4.69) is 40.0 Å². The molecule has 122 valence electrons. The molecule has 1 N–H and O–H groups in total. The lowest BCUT2D eigenvalue weighted by molar-refractivity contribution is 0.986. The van der Waals surface area contributed by atoms with Crippen LogP contribution in [-0.4, -0.2) is 22.7 Å². The summed E-state index contributed by atoms with van der Waals surface area (Å²) in [5.74, 6) is 0. The molecule has 0 fully saturated rings. The number of fused-ring (bicyclic) bond motifs is 1. The van der Waals surface area contributed by atoms with Crippen molar-refractivity contribution in [2.24, 2.45) is 0 Å². The normalized spacial score (nSPS) is 10.8. The smallest absolute Gasteiger partial charge is 0.0732 e. The summed E-state index contributed by atoms with van der Waals surface area (Å²) >= 11 is 0. The number of rotatable bonds is 5. The number of aryl methyl sites for hydroxylation is 1. The van der Waals surface area contributed by atoms with Crippen molar-refractivity contribution in [1.82, 2.24) is 9.97 Å². The van der Waals surface area contributed by atoms with Gasteiger partial charge in [-0.15, -0.1) is 0 Å². The quantitative estimate of drug-likeness (QED) is 0.682. The van der Waals surface area contributed by atoms with E-state index in [-0.39, 0.29) is 0 Å². The number of hydrogen-bond donors (Lipinski definition) is 1. The van der Waals surface area contributed by atoms with E-state index >= 15 is 0 Å². The molecule has 0 aliphatic carbocycles. The molecule has 0 atom stereocenters. The molecule has 0 spiro atoms. The molecule has 3 aromatic rings. The third kappa shape index (κ3) is 3.13. The number of anilines is 2. The Kier molecular flexibility index (Phi) is 4.56. The molecule has 0 bridgehead atoms. The third-order valence-electron chi connectivity index (χ3n) is 4.18. The summed E-state index contributed by atoms with van der Waals surface area (Å²) in [6.45, 7) is 4.09. The average Bonchev–Trinajstić information content (AvgIpc) is 2.60. The predicted molar refractivity (Wildman–Crippen MR) is 101 cm³/mol. The van der Waals surface area contributed by atoms with E-state index in [1.54, 1.807) is 12.4 Å². The monoisotopic (exact) mass is 318 g/mol. The number of benzene rings is 1. The maximum atomic E-state index is 8.34. The van der Waals surface area contributed by atoms with E-state index in [0.717, 1.165) is 46.4 Å². The van der Waals surface area contributed by atoms with Crippen LogP contribution in [0.1, 0.15) is 31.0 Å². The molecule has 0 aliphatic rings. The van der Waals surface area contributed by atoms with Gasteiger partial charge in [-0.2, -0.15) is 0 Å². The summed E-state index contributed by atoms with van der Waals surface area (Å²) in [7, 11) is 2.03. The Morgan fingerprint density at radius 1 is 1.08 bits per heavy atom. The first kappa shape index (κ1) is 16.1. The Bertz CT molecular complexity index is 871. The van der Waals surface area contributed by atoms with E-state index in [9.17, 15) is 0 Å². The van der Waals surface area contributed by atoms with Crippen LogP contribution in [0.25, 0.3) is 10.9 Å². The molecule has 2 aromatic heterocycles. The van der Waals surface area contributed by atoms with Gasteiger partial charge in [-0.05, 0) is 43.7 Å². The fourth-order valence-corrected chi connectivity index (χ4v) is 2.91. The molecular weight excluding hydrogens is 296 g/mol. The van der Waals surface area contributed by atoms with Crippen LogP contribution >= 0.6 is 0 Å². The summed E-state index contributed by atoms with van der Waals surface area (Å²) < 4.78 is 0. The van der Waals surface area contributed by atoms with Crippen molar-refractivity contribution < 1.29 is 0 Å². The summed E-state index contributed by atoms with van der Waals surface area (Å²) in [6, 6.07) is 12.2. The Morgan fingerprint density at radius 3 is 2.54 bits per heavy atom. The number of nitrogens with zero attached hydrogens (tertiary/aromatic N) is 3. The van der Waals surface area contributed by atoms with Gasteiger partial charge in [0.15, 0.2) is 0 Å². The van der Waals surface area contributed by atoms with Crippen molar-refractivity contribution in [2.45, 2.75) is 26.7 Å². The summed E-state index contributed by atoms with van der Waals surface area (Å²) in [5.41, 5.74) is 5.71. The van der Waals surface area contributed by atoms with Crippen molar-refractivity contribution in [1.29, 1.82) is 5.41 Å². The van der Waals surface area contributed by atoms with Crippen molar-refractivity contribution in [2.75, 3.05) is 11.9 Å². The highest BCUT2D eigenvalue weighted by atomic mass is 15.1. The SMILES string of the molecule is CCCC(=N)c1cc(C)nc2cc(N(C)c3ccncc3)ccc12. The topological polar surface area (TPSA) is 52.9 Å². The highest BCUT2D eigenvalue weighted by molar-refractivity contribution is 6.09. The van der Waals surface area contributed by atoms with Crippen LogP contribution < -0.4 is 4.90 Å². The van der Waals surface area contributed by atoms with Crippen LogP contribution in [0.15, 0.2) is 48.8 Å². The van der Waals surface area contributed by atoms with Gasteiger partial charge in [-0.25, -0.2) is 0 Å². The molecule has 4 nitrogen and oxygen atoms in total. The van der Waals surface area contributed by atoms with E-state index in [4.69, 9.17) is 5.41 Å². The maximum absolute atomic E-state index is 8.34. The van der Waals surface area contributed by atoms with Crippen LogP contribution in [0, 0.1) is 12.3 Å². The standard InChI is InChI=1S/C20H22N4/c1-4-5-19(21)18-12-14(2)23-20-13-16(6-7-17(18)20)24(3)15-8-10-22-11-9-15/h6-13,21H,4-5H2,1-3H3. The molecule has 4 heteroatoms. The fourth-order valence-electron chi connectivity index (χ4n) is 2.91. The van der Waals surface area contributed by atoms with Crippen LogP contribution in [0.2, 0.25) is 0 Å². The van der Waals surface area contributed by atoms with Crippen molar-refractivity contribution in [3.05, 3.63) is 60.0 Å². The van der Waals surface area contributed by atoms with Crippen LogP contribution in [-0.2, 0) is 0 Å². The molecule has 1 aromatic carbocycles. The van der Waals surface area contributed by atoms with E-state index in [1.165, 1.54) is 0 Å². The highest BCUT2D eigenvalue weighted by Crippen LogP contribution is 2.28. The average molecular weight is 318 g/mol. The Morgan fingerprint density at radius 2 is 1.83 bits per heavy atom. The van der Waals surface area contributed by atoms with Crippen molar-refractivity contribution in [3.8, 4) is 0 Å². The zero-order valence-corrected chi connectivity index (χ0v) is 14.4. The van der Waals surface area contributed by atoms with Gasteiger partial charge in [0.2, 0.25) is 0 Å². The van der Waals surface area contributed by atoms with Crippen LogP contribution in [0.4, 0.5) is 11.4 Å². The predicted octanol–water partition coefficient (Wildman–Crippen LogP) is 4.87. The minimum Gasteiger partial charge on any atom is -0.344 e. The van der Waals surface area contributed by atoms with E-state index in [0.29, 0.717) is 5.71 Å². The van der Waals surface area contributed by atoms with Gasteiger partial charge in [0.05, 0.1) is 5.52 Å². The molecule has 0 radical (unpaired) electrons. The molecular formula is C20H22N4. The second-order valence-corrected chi connectivity index (χ2v) is 6.01. The molecule has 0 unspecified atom stereocenters. The Balaban J connectivity index is 2.07. The fraction of sp³-hybridized carbons (Fsp3) is 0.250. The number of hydrogen-bond acceptors (Lipinski definition) is 4. The zero-order chi connectivity index (χ0) is 17.1. The maximum Gasteiger partial charge on any atom is 0.0732 e. The second kappa shape index (κ2) is 6.79. The van der Waals surface area contributed by atoms with Gasteiger partial charge in [-0.1, -0.05) is 19.4 Å². The van der Waals surface area contributed by atoms with Gasteiger partial charge in [0.1, 0.15) is 0 Å². The lowest BCUT2D eigenvalue weighted by Gasteiger charge is -2.20. The summed E-state index contributed by atoms with van der Waals surface area (Å²) in [5, 5.41) is 9.38.